The largest absolute Gasteiger partial charge is 0.355 e. The molecule has 0 aromatic carbocycles. The van der Waals surface area contributed by atoms with Gasteiger partial charge in [-0.05, 0) is 38.4 Å². The third-order valence-electron chi connectivity index (χ3n) is 3.45. The SMILES string of the molecule is CCCc1cccc(N2CCC[C@@H](NC)C2)n1. The van der Waals surface area contributed by atoms with Gasteiger partial charge in [-0.3, -0.25) is 0 Å². The van der Waals surface area contributed by atoms with Gasteiger partial charge in [-0.15, -0.1) is 0 Å². The van der Waals surface area contributed by atoms with Crippen LogP contribution in [0.25, 0.3) is 0 Å². The van der Waals surface area contributed by atoms with Crippen LogP contribution in [0.4, 0.5) is 5.82 Å². The number of nitrogens with one attached hydrogen (secondary N) is 1. The van der Waals surface area contributed by atoms with E-state index in [0.29, 0.717) is 6.04 Å². The molecule has 3 nitrogen and oxygen atoms in total. The molecule has 1 aliphatic rings. The van der Waals surface area contributed by atoms with Crippen LogP contribution < -0.4 is 10.2 Å². The highest BCUT2D eigenvalue weighted by Crippen LogP contribution is 2.18. The monoisotopic (exact) mass is 233 g/mol. The van der Waals surface area contributed by atoms with Crippen molar-refractivity contribution in [3.63, 3.8) is 0 Å². The van der Waals surface area contributed by atoms with Crippen LogP contribution in [0.15, 0.2) is 18.2 Å². The van der Waals surface area contributed by atoms with Gasteiger partial charge in [-0.25, -0.2) is 4.98 Å². The second kappa shape index (κ2) is 6.01. The lowest BCUT2D eigenvalue weighted by Crippen LogP contribution is -2.44. The Hall–Kier alpha value is -1.09. The number of hydrogen-bond acceptors (Lipinski definition) is 3. The average molecular weight is 233 g/mol. The first-order valence-corrected chi connectivity index (χ1v) is 6.71. The Kier molecular flexibility index (Phi) is 4.37. The number of rotatable bonds is 4. The molecule has 2 rings (SSSR count). The standard InChI is InChI=1S/C14H23N3/c1-3-6-12-7-4-9-14(16-12)17-10-5-8-13(11-17)15-2/h4,7,9,13,15H,3,5-6,8,10-11H2,1-2H3/t13-/m1/s1. The molecule has 0 saturated carbocycles. The molecule has 1 aromatic heterocycles. The fourth-order valence-corrected chi connectivity index (χ4v) is 2.46. The molecule has 0 radical (unpaired) electrons. The van der Waals surface area contributed by atoms with Gasteiger partial charge in [0.25, 0.3) is 0 Å². The van der Waals surface area contributed by atoms with E-state index in [9.17, 15) is 0 Å². The molecule has 1 N–H and O–H groups in total. The summed E-state index contributed by atoms with van der Waals surface area (Å²) in [6.45, 7) is 4.42. The first-order chi connectivity index (χ1) is 8.33. The van der Waals surface area contributed by atoms with Crippen LogP contribution in [-0.4, -0.2) is 31.2 Å². The van der Waals surface area contributed by atoms with Crippen molar-refractivity contribution in [1.82, 2.24) is 10.3 Å². The van der Waals surface area contributed by atoms with E-state index in [1.54, 1.807) is 0 Å². The third kappa shape index (κ3) is 3.19. The van der Waals surface area contributed by atoms with Crippen LogP contribution >= 0.6 is 0 Å². The second-order valence-corrected chi connectivity index (χ2v) is 4.81. The number of aromatic nitrogens is 1. The highest BCUT2D eigenvalue weighted by Gasteiger charge is 2.19. The van der Waals surface area contributed by atoms with E-state index in [2.05, 4.69) is 42.4 Å². The fourth-order valence-electron chi connectivity index (χ4n) is 2.46. The van der Waals surface area contributed by atoms with Crippen LogP contribution in [0.5, 0.6) is 0 Å². The van der Waals surface area contributed by atoms with Crippen molar-refractivity contribution in [3.8, 4) is 0 Å². The molecular weight excluding hydrogens is 210 g/mol. The van der Waals surface area contributed by atoms with Crippen LogP contribution in [0.3, 0.4) is 0 Å². The Balaban J connectivity index is 2.07. The first kappa shape index (κ1) is 12.4. The second-order valence-electron chi connectivity index (χ2n) is 4.81. The molecule has 17 heavy (non-hydrogen) atoms. The number of aryl methyl sites for hydroxylation is 1. The minimum absolute atomic E-state index is 0.611. The van der Waals surface area contributed by atoms with Gasteiger partial charge in [-0.1, -0.05) is 19.4 Å². The Morgan fingerprint density at radius 2 is 2.35 bits per heavy atom. The van der Waals surface area contributed by atoms with Crippen molar-refractivity contribution in [2.75, 3.05) is 25.0 Å². The maximum atomic E-state index is 4.75. The van der Waals surface area contributed by atoms with Crippen molar-refractivity contribution in [1.29, 1.82) is 0 Å². The molecule has 1 aromatic rings. The van der Waals surface area contributed by atoms with E-state index < -0.39 is 0 Å². The normalized spacial score (nSPS) is 20.6. The molecule has 1 fully saturated rings. The Labute approximate surface area is 104 Å². The predicted octanol–water partition coefficient (Wildman–Crippen LogP) is 2.22. The molecule has 2 heterocycles. The molecule has 94 valence electrons. The van der Waals surface area contributed by atoms with Crippen molar-refractivity contribution >= 4 is 5.82 Å². The van der Waals surface area contributed by atoms with Gasteiger partial charge in [0, 0.05) is 24.8 Å². The molecule has 0 bridgehead atoms. The van der Waals surface area contributed by atoms with E-state index in [4.69, 9.17) is 4.98 Å². The van der Waals surface area contributed by atoms with Crippen molar-refractivity contribution in [2.45, 2.75) is 38.6 Å². The van der Waals surface area contributed by atoms with Gasteiger partial charge in [0.05, 0.1) is 0 Å². The average Bonchev–Trinajstić information content (AvgIpc) is 2.40. The van der Waals surface area contributed by atoms with Crippen LogP contribution in [0.1, 0.15) is 31.9 Å². The summed E-state index contributed by atoms with van der Waals surface area (Å²) in [6, 6.07) is 7.01. The van der Waals surface area contributed by atoms with E-state index in [1.807, 2.05) is 0 Å². The molecule has 0 amide bonds. The Bertz CT molecular complexity index is 351. The van der Waals surface area contributed by atoms with Gasteiger partial charge >= 0.3 is 0 Å². The quantitative estimate of drug-likeness (QED) is 0.864. The van der Waals surface area contributed by atoms with E-state index in [1.165, 1.54) is 18.5 Å². The van der Waals surface area contributed by atoms with Crippen molar-refractivity contribution < 1.29 is 0 Å². The maximum Gasteiger partial charge on any atom is 0.128 e. The highest BCUT2D eigenvalue weighted by molar-refractivity contribution is 5.40. The Morgan fingerprint density at radius 1 is 1.47 bits per heavy atom. The Morgan fingerprint density at radius 3 is 3.12 bits per heavy atom. The lowest BCUT2D eigenvalue weighted by atomic mass is 10.1. The zero-order valence-electron chi connectivity index (χ0n) is 10.9. The molecule has 0 unspecified atom stereocenters. The van der Waals surface area contributed by atoms with Gasteiger partial charge in [-0.2, -0.15) is 0 Å². The molecule has 1 aliphatic heterocycles. The minimum Gasteiger partial charge on any atom is -0.355 e. The number of pyridine rings is 1. The molecule has 1 atom stereocenters. The molecular formula is C14H23N3. The van der Waals surface area contributed by atoms with Crippen LogP contribution in [-0.2, 0) is 6.42 Å². The van der Waals surface area contributed by atoms with E-state index in [-0.39, 0.29) is 0 Å². The van der Waals surface area contributed by atoms with E-state index >= 15 is 0 Å². The molecule has 3 heteroatoms. The summed E-state index contributed by atoms with van der Waals surface area (Å²) in [5, 5.41) is 3.37. The van der Waals surface area contributed by atoms with Gasteiger partial charge < -0.3 is 10.2 Å². The van der Waals surface area contributed by atoms with Crippen LogP contribution in [0.2, 0.25) is 0 Å². The zero-order chi connectivity index (χ0) is 12.1. The van der Waals surface area contributed by atoms with E-state index in [0.717, 1.165) is 31.7 Å². The van der Waals surface area contributed by atoms with Crippen molar-refractivity contribution in [2.24, 2.45) is 0 Å². The molecule has 0 spiro atoms. The third-order valence-corrected chi connectivity index (χ3v) is 3.45. The smallest absolute Gasteiger partial charge is 0.128 e. The van der Waals surface area contributed by atoms with Gasteiger partial charge in [0.2, 0.25) is 0 Å². The summed E-state index contributed by atoms with van der Waals surface area (Å²) in [7, 11) is 2.05. The molecule has 0 aliphatic carbocycles. The number of nitrogens with zero attached hydrogens (tertiary/aromatic N) is 2. The number of likely N-dealkylation sites (N-methyl/N-ethyl adjacent to an activating group) is 1. The molecule has 1 saturated heterocycles. The number of hydrogen-bond donors (Lipinski definition) is 1. The predicted molar refractivity (Wildman–Crippen MR) is 72.5 cm³/mol. The fraction of sp³-hybridized carbons (Fsp3) is 0.643. The summed E-state index contributed by atoms with van der Waals surface area (Å²) in [5.41, 5.74) is 1.22. The minimum atomic E-state index is 0.611. The summed E-state index contributed by atoms with van der Waals surface area (Å²) in [4.78, 5) is 7.16. The summed E-state index contributed by atoms with van der Waals surface area (Å²) >= 11 is 0. The number of anilines is 1. The maximum absolute atomic E-state index is 4.75. The van der Waals surface area contributed by atoms with Crippen LogP contribution in [0, 0.1) is 0 Å². The topological polar surface area (TPSA) is 28.2 Å². The lowest BCUT2D eigenvalue weighted by molar-refractivity contribution is 0.447. The van der Waals surface area contributed by atoms with Crippen molar-refractivity contribution in [3.05, 3.63) is 23.9 Å². The summed E-state index contributed by atoms with van der Waals surface area (Å²) < 4.78 is 0. The van der Waals surface area contributed by atoms with Gasteiger partial charge in [0.15, 0.2) is 0 Å². The number of piperidine rings is 1. The summed E-state index contributed by atoms with van der Waals surface area (Å²) in [5.74, 6) is 1.15. The zero-order valence-corrected chi connectivity index (χ0v) is 10.9. The van der Waals surface area contributed by atoms with Gasteiger partial charge in [0.1, 0.15) is 5.82 Å². The lowest BCUT2D eigenvalue weighted by Gasteiger charge is -2.33. The first-order valence-electron chi connectivity index (χ1n) is 6.71. The highest BCUT2D eigenvalue weighted by atomic mass is 15.2. The summed E-state index contributed by atoms with van der Waals surface area (Å²) in [6.07, 6.45) is 4.78.